The number of thiocarbonyl (C=S) groups is 1. The lowest BCUT2D eigenvalue weighted by Gasteiger charge is -2.14. The molecule has 8 heteroatoms. The molecule has 24 heavy (non-hydrogen) atoms. The van der Waals surface area contributed by atoms with E-state index in [1.54, 1.807) is 13.2 Å². The van der Waals surface area contributed by atoms with Crippen molar-refractivity contribution in [3.05, 3.63) is 58.1 Å². The van der Waals surface area contributed by atoms with Crippen LogP contribution in [-0.4, -0.2) is 24.3 Å². The normalized spacial score (nSPS) is 9.92. The fraction of sp³-hybridized carbons (Fsp3) is 0.188. The lowest BCUT2D eigenvalue weighted by atomic mass is 10.2. The Kier molecular flexibility index (Phi) is 5.91. The first-order valence-corrected chi connectivity index (χ1v) is 7.45. The number of ether oxygens (including phenoxy) is 2. The van der Waals surface area contributed by atoms with Crippen molar-refractivity contribution >= 4 is 28.7 Å². The zero-order chi connectivity index (χ0) is 17.5. The molecular weight excluding hydrogens is 330 g/mol. The third kappa shape index (κ3) is 4.32. The average Bonchev–Trinajstić information content (AvgIpc) is 2.60. The highest BCUT2D eigenvalue weighted by molar-refractivity contribution is 7.80. The van der Waals surface area contributed by atoms with Gasteiger partial charge in [-0.05, 0) is 24.4 Å². The molecule has 2 N–H and O–H groups in total. The van der Waals surface area contributed by atoms with E-state index < -0.39 is 4.92 Å². The van der Waals surface area contributed by atoms with Crippen LogP contribution in [0.5, 0.6) is 11.5 Å². The Balaban J connectivity index is 2.03. The van der Waals surface area contributed by atoms with E-state index in [1.165, 1.54) is 19.2 Å². The summed E-state index contributed by atoms with van der Waals surface area (Å²) in [5.41, 5.74) is 1.45. The summed E-state index contributed by atoms with van der Waals surface area (Å²) in [6.45, 7) is 0.477. The Morgan fingerprint density at radius 1 is 1.17 bits per heavy atom. The molecule has 0 bridgehead atoms. The van der Waals surface area contributed by atoms with Crippen molar-refractivity contribution in [1.29, 1.82) is 0 Å². The first-order chi connectivity index (χ1) is 11.5. The van der Waals surface area contributed by atoms with Crippen molar-refractivity contribution in [2.24, 2.45) is 0 Å². The number of para-hydroxylation sites is 1. The Labute approximate surface area is 144 Å². The number of non-ortho nitro benzene ring substituents is 1. The zero-order valence-electron chi connectivity index (χ0n) is 13.2. The number of nitrogens with zero attached hydrogens (tertiary/aromatic N) is 1. The van der Waals surface area contributed by atoms with Gasteiger partial charge in [-0.3, -0.25) is 10.1 Å². The third-order valence-corrected chi connectivity index (χ3v) is 3.52. The average molecular weight is 347 g/mol. The van der Waals surface area contributed by atoms with Crippen molar-refractivity contribution < 1.29 is 14.4 Å². The van der Waals surface area contributed by atoms with E-state index in [-0.39, 0.29) is 5.69 Å². The van der Waals surface area contributed by atoms with Gasteiger partial charge in [0.2, 0.25) is 0 Å². The maximum atomic E-state index is 10.8. The maximum Gasteiger partial charge on any atom is 0.273 e. The van der Waals surface area contributed by atoms with Crippen LogP contribution in [0.15, 0.2) is 42.5 Å². The van der Waals surface area contributed by atoms with Crippen LogP contribution in [-0.2, 0) is 6.54 Å². The van der Waals surface area contributed by atoms with Crippen LogP contribution >= 0.6 is 12.2 Å². The van der Waals surface area contributed by atoms with Crippen LogP contribution in [0.4, 0.5) is 11.4 Å². The minimum Gasteiger partial charge on any atom is -0.496 e. The molecule has 2 aromatic carbocycles. The summed E-state index contributed by atoms with van der Waals surface area (Å²) in [7, 11) is 3.05. The second-order valence-corrected chi connectivity index (χ2v) is 5.17. The molecule has 0 aliphatic carbocycles. The van der Waals surface area contributed by atoms with E-state index in [0.29, 0.717) is 23.1 Å². The highest BCUT2D eigenvalue weighted by Crippen LogP contribution is 2.29. The van der Waals surface area contributed by atoms with E-state index in [0.717, 1.165) is 11.3 Å². The minimum atomic E-state index is -0.482. The predicted octanol–water partition coefficient (Wildman–Crippen LogP) is 3.10. The molecule has 7 nitrogen and oxygen atoms in total. The third-order valence-electron chi connectivity index (χ3n) is 3.28. The van der Waals surface area contributed by atoms with Gasteiger partial charge in [0.05, 0.1) is 30.9 Å². The molecule has 0 saturated heterocycles. The van der Waals surface area contributed by atoms with Gasteiger partial charge in [0.15, 0.2) is 5.11 Å². The second-order valence-electron chi connectivity index (χ2n) is 4.76. The van der Waals surface area contributed by atoms with E-state index in [1.807, 2.05) is 24.3 Å². The maximum absolute atomic E-state index is 10.8. The first-order valence-electron chi connectivity index (χ1n) is 7.04. The standard InChI is InChI=1S/C16H17N3O4S/c1-22-14-6-4-3-5-11(14)10-17-16(24)18-13-8-7-12(19(20)21)9-15(13)23-2/h3-9H,10H2,1-2H3,(H2,17,18,24). The van der Waals surface area contributed by atoms with Crippen LogP contribution in [0.1, 0.15) is 5.56 Å². The highest BCUT2D eigenvalue weighted by Gasteiger charge is 2.12. The minimum absolute atomic E-state index is 0.0506. The number of benzene rings is 2. The highest BCUT2D eigenvalue weighted by atomic mass is 32.1. The van der Waals surface area contributed by atoms with Crippen LogP contribution in [0.2, 0.25) is 0 Å². The Bertz CT molecular complexity index is 752. The van der Waals surface area contributed by atoms with Crippen LogP contribution in [0, 0.1) is 10.1 Å². The lowest BCUT2D eigenvalue weighted by molar-refractivity contribution is -0.384. The first kappa shape index (κ1) is 17.5. The fourth-order valence-electron chi connectivity index (χ4n) is 2.09. The number of anilines is 1. The molecule has 0 unspecified atom stereocenters. The number of methoxy groups -OCH3 is 2. The molecule has 2 aromatic rings. The number of nitro groups is 1. The Morgan fingerprint density at radius 3 is 2.54 bits per heavy atom. The van der Waals surface area contributed by atoms with Crippen molar-refractivity contribution in [2.75, 3.05) is 19.5 Å². The molecule has 0 atom stereocenters. The van der Waals surface area contributed by atoms with Gasteiger partial charge < -0.3 is 20.1 Å². The molecule has 0 fully saturated rings. The number of nitrogens with one attached hydrogen (secondary N) is 2. The SMILES string of the molecule is COc1ccccc1CNC(=S)Nc1ccc([N+](=O)[O-])cc1OC. The number of hydrogen-bond donors (Lipinski definition) is 2. The number of hydrogen-bond acceptors (Lipinski definition) is 5. The van der Waals surface area contributed by atoms with Gasteiger partial charge in [0, 0.05) is 18.2 Å². The van der Waals surface area contributed by atoms with Gasteiger partial charge in [0.1, 0.15) is 11.5 Å². The van der Waals surface area contributed by atoms with Crippen molar-refractivity contribution in [2.45, 2.75) is 6.54 Å². The monoisotopic (exact) mass is 347 g/mol. The van der Waals surface area contributed by atoms with E-state index in [2.05, 4.69) is 10.6 Å². The van der Waals surface area contributed by atoms with Gasteiger partial charge in [-0.1, -0.05) is 18.2 Å². The quantitative estimate of drug-likeness (QED) is 0.472. The van der Waals surface area contributed by atoms with Crippen molar-refractivity contribution in [1.82, 2.24) is 5.32 Å². The second kappa shape index (κ2) is 8.11. The smallest absolute Gasteiger partial charge is 0.273 e. The largest absolute Gasteiger partial charge is 0.496 e. The van der Waals surface area contributed by atoms with Gasteiger partial charge in [-0.2, -0.15) is 0 Å². The molecule has 0 aliphatic rings. The van der Waals surface area contributed by atoms with Gasteiger partial charge in [0.25, 0.3) is 5.69 Å². The van der Waals surface area contributed by atoms with Gasteiger partial charge >= 0.3 is 0 Å². The number of rotatable bonds is 6. The summed E-state index contributed by atoms with van der Waals surface area (Å²) in [6.07, 6.45) is 0. The molecule has 2 rings (SSSR count). The van der Waals surface area contributed by atoms with E-state index >= 15 is 0 Å². The van der Waals surface area contributed by atoms with Crippen molar-refractivity contribution in [3.8, 4) is 11.5 Å². The molecule has 0 saturated carbocycles. The van der Waals surface area contributed by atoms with Crippen LogP contribution in [0.3, 0.4) is 0 Å². The molecule has 0 heterocycles. The molecule has 0 radical (unpaired) electrons. The summed E-state index contributed by atoms with van der Waals surface area (Å²) in [6, 6.07) is 11.9. The number of nitro benzene ring substituents is 1. The van der Waals surface area contributed by atoms with Gasteiger partial charge in [-0.25, -0.2) is 0 Å². The summed E-state index contributed by atoms with van der Waals surface area (Å²) < 4.78 is 10.4. The zero-order valence-corrected chi connectivity index (χ0v) is 14.1. The molecular formula is C16H17N3O4S. The van der Waals surface area contributed by atoms with Crippen LogP contribution in [0.25, 0.3) is 0 Å². The van der Waals surface area contributed by atoms with E-state index in [4.69, 9.17) is 21.7 Å². The summed E-state index contributed by atoms with van der Waals surface area (Å²) in [5.74, 6) is 1.10. The van der Waals surface area contributed by atoms with Gasteiger partial charge in [-0.15, -0.1) is 0 Å². The fourth-order valence-corrected chi connectivity index (χ4v) is 2.27. The molecule has 0 aliphatic heterocycles. The van der Waals surface area contributed by atoms with Crippen LogP contribution < -0.4 is 20.1 Å². The summed E-state index contributed by atoms with van der Waals surface area (Å²) in [5, 5.41) is 17.2. The summed E-state index contributed by atoms with van der Waals surface area (Å²) in [4.78, 5) is 10.3. The molecule has 0 aromatic heterocycles. The Morgan fingerprint density at radius 2 is 1.88 bits per heavy atom. The van der Waals surface area contributed by atoms with Crippen molar-refractivity contribution in [3.63, 3.8) is 0 Å². The van der Waals surface area contributed by atoms with E-state index in [9.17, 15) is 10.1 Å². The summed E-state index contributed by atoms with van der Waals surface area (Å²) >= 11 is 5.25. The lowest BCUT2D eigenvalue weighted by Crippen LogP contribution is -2.28. The Hall–Kier alpha value is -2.87. The topological polar surface area (TPSA) is 85.7 Å². The molecule has 126 valence electrons. The predicted molar refractivity (Wildman–Crippen MR) is 95.7 cm³/mol. The molecule has 0 amide bonds. The molecule has 0 spiro atoms.